The molecule has 0 saturated heterocycles. The van der Waals surface area contributed by atoms with E-state index in [4.69, 9.17) is 18.8 Å². The van der Waals surface area contributed by atoms with E-state index >= 15 is 0 Å². The van der Waals surface area contributed by atoms with E-state index in [1.54, 1.807) is 24.3 Å². The summed E-state index contributed by atoms with van der Waals surface area (Å²) < 4.78 is 52.4. The van der Waals surface area contributed by atoms with Gasteiger partial charge in [0.05, 0.1) is 13.2 Å². The van der Waals surface area contributed by atoms with Crippen LogP contribution in [0.2, 0.25) is 0 Å². The third-order valence-corrected chi connectivity index (χ3v) is 8.20. The normalized spacial score (nSPS) is 10.9. The molecule has 0 bridgehead atoms. The van der Waals surface area contributed by atoms with Gasteiger partial charge in [-0.2, -0.15) is 0 Å². The number of benzene rings is 4. The minimum absolute atomic E-state index is 0.0310. The number of unbranched alkanes of at least 4 members (excludes halogenated alkanes) is 10. The predicted molar refractivity (Wildman–Crippen MR) is 190 cm³/mol. The highest BCUT2D eigenvalue weighted by Crippen LogP contribution is 2.29. The zero-order chi connectivity index (χ0) is 33.1. The van der Waals surface area contributed by atoms with Gasteiger partial charge in [0.2, 0.25) is 0 Å². The molecule has 0 amide bonds. The zero-order valence-corrected chi connectivity index (χ0v) is 28.1. The molecule has 7 heteroatoms. The Bertz CT molecular complexity index is 1350. The Morgan fingerprint density at radius 1 is 0.447 bits per heavy atom. The Hall–Kier alpha value is -4.00. The highest BCUT2D eigenvalue weighted by molar-refractivity contribution is 6.20. The van der Waals surface area contributed by atoms with E-state index in [1.807, 2.05) is 48.5 Å². The lowest BCUT2D eigenvalue weighted by atomic mass is 10.0. The van der Waals surface area contributed by atoms with Crippen LogP contribution in [0.1, 0.15) is 90.9 Å². The van der Waals surface area contributed by atoms with Crippen LogP contribution >= 0.6 is 0 Å². The first kappa shape index (κ1) is 35.9. The number of halogens is 2. The minimum atomic E-state index is -0.523. The average Bonchev–Trinajstić information content (AvgIpc) is 3.09. The number of ether oxygens (including phenoxy) is 2. The average molecular weight is 643 g/mol. The molecule has 0 aliphatic carbocycles. The third-order valence-electron chi connectivity index (χ3n) is 8.20. The molecule has 47 heavy (non-hydrogen) atoms. The molecule has 0 aliphatic rings. The monoisotopic (exact) mass is 642 g/mol. The van der Waals surface area contributed by atoms with Crippen molar-refractivity contribution in [1.82, 2.24) is 0 Å². The molecule has 0 unspecified atom stereocenters. The van der Waals surface area contributed by atoms with E-state index in [2.05, 4.69) is 13.8 Å². The van der Waals surface area contributed by atoms with E-state index in [0.29, 0.717) is 13.2 Å². The van der Waals surface area contributed by atoms with Crippen molar-refractivity contribution in [3.8, 4) is 45.3 Å². The summed E-state index contributed by atoms with van der Waals surface area (Å²) in [5.74, 6) is 0.629. The molecule has 0 aromatic heterocycles. The van der Waals surface area contributed by atoms with Crippen molar-refractivity contribution in [3.05, 3.63) is 96.6 Å². The van der Waals surface area contributed by atoms with Gasteiger partial charge < -0.3 is 18.8 Å². The summed E-state index contributed by atoms with van der Waals surface area (Å²) in [4.78, 5) is 0. The van der Waals surface area contributed by atoms with Crippen LogP contribution in [0.25, 0.3) is 22.3 Å². The summed E-state index contributed by atoms with van der Waals surface area (Å²) in [6.45, 7) is 5.84. The Morgan fingerprint density at radius 3 is 1.19 bits per heavy atom. The Labute approximate surface area is 280 Å². The molecule has 0 radical (unpaired) electrons. The topological polar surface area (TPSA) is 36.9 Å². The molecule has 0 atom stereocenters. The first-order valence-electron chi connectivity index (χ1n) is 17.4. The summed E-state index contributed by atoms with van der Waals surface area (Å²) in [5.41, 5.74) is 3.18. The summed E-state index contributed by atoms with van der Waals surface area (Å²) in [7, 11) is -0.332. The molecular weight excluding hydrogens is 593 g/mol. The highest BCUT2D eigenvalue weighted by atomic mass is 19.1. The third kappa shape index (κ3) is 12.3. The van der Waals surface area contributed by atoms with E-state index < -0.39 is 11.6 Å². The van der Waals surface area contributed by atoms with Gasteiger partial charge in [-0.15, -0.1) is 0 Å². The maximum atomic E-state index is 14.9. The second-order valence-corrected chi connectivity index (χ2v) is 12.0. The maximum Gasteiger partial charge on any atom is 0.576 e. The lowest BCUT2D eigenvalue weighted by Crippen LogP contribution is -2.12. The van der Waals surface area contributed by atoms with Crippen molar-refractivity contribution in [3.63, 3.8) is 0 Å². The predicted octanol–water partition coefficient (Wildman–Crippen LogP) is 11.5. The molecule has 0 aliphatic heterocycles. The number of rotatable bonds is 22. The van der Waals surface area contributed by atoms with Crippen LogP contribution in [0.4, 0.5) is 8.78 Å². The van der Waals surface area contributed by atoms with Crippen molar-refractivity contribution >= 4 is 7.69 Å². The molecular formula is C40H49BF2O4. The minimum Gasteiger partial charge on any atom is -0.526 e. The van der Waals surface area contributed by atoms with Gasteiger partial charge in [0.1, 0.15) is 23.0 Å². The number of hydrogen-bond acceptors (Lipinski definition) is 4. The van der Waals surface area contributed by atoms with E-state index in [9.17, 15) is 8.78 Å². The summed E-state index contributed by atoms with van der Waals surface area (Å²) in [6.07, 6.45) is 14.6. The molecule has 4 aromatic rings. The molecule has 250 valence electrons. The van der Waals surface area contributed by atoms with Crippen LogP contribution < -0.4 is 18.8 Å². The molecule has 0 saturated carbocycles. The van der Waals surface area contributed by atoms with Crippen LogP contribution in [-0.2, 0) is 0 Å². The van der Waals surface area contributed by atoms with Gasteiger partial charge in [-0.05, 0) is 83.6 Å². The van der Waals surface area contributed by atoms with Crippen molar-refractivity contribution < 1.29 is 27.6 Å². The summed E-state index contributed by atoms with van der Waals surface area (Å²) >= 11 is 0. The fourth-order valence-corrected chi connectivity index (χ4v) is 5.38. The van der Waals surface area contributed by atoms with Crippen LogP contribution in [0.5, 0.6) is 23.0 Å². The maximum absolute atomic E-state index is 14.9. The zero-order valence-electron chi connectivity index (χ0n) is 28.1. The van der Waals surface area contributed by atoms with Gasteiger partial charge in [0, 0.05) is 0 Å². The molecule has 4 aromatic carbocycles. The smallest absolute Gasteiger partial charge is 0.526 e. The second kappa shape index (κ2) is 20.3. The molecule has 4 rings (SSSR count). The number of hydrogen-bond donors (Lipinski definition) is 0. The fraction of sp³-hybridized carbons (Fsp3) is 0.400. The lowest BCUT2D eigenvalue weighted by molar-refractivity contribution is 0.304. The lowest BCUT2D eigenvalue weighted by Gasteiger charge is -2.12. The van der Waals surface area contributed by atoms with Crippen molar-refractivity contribution in [1.29, 1.82) is 0 Å². The van der Waals surface area contributed by atoms with Gasteiger partial charge in [0.25, 0.3) is 0 Å². The highest BCUT2D eigenvalue weighted by Gasteiger charge is 2.11. The Kier molecular flexibility index (Phi) is 15.5. The Balaban J connectivity index is 1.20. The largest absolute Gasteiger partial charge is 0.576 e. The van der Waals surface area contributed by atoms with E-state index in [1.165, 1.54) is 76.3 Å². The van der Waals surface area contributed by atoms with Gasteiger partial charge in [-0.1, -0.05) is 114 Å². The fourth-order valence-electron chi connectivity index (χ4n) is 5.38. The van der Waals surface area contributed by atoms with E-state index in [-0.39, 0.29) is 19.2 Å². The van der Waals surface area contributed by atoms with Crippen molar-refractivity contribution in [2.24, 2.45) is 0 Å². The van der Waals surface area contributed by atoms with Crippen molar-refractivity contribution in [2.45, 2.75) is 90.9 Å². The molecule has 0 fully saturated rings. The van der Waals surface area contributed by atoms with Gasteiger partial charge in [-0.25, -0.2) is 8.78 Å². The SMILES string of the molecule is CCCCCCCCOc1ccc(-c2ccc(OBOc3ccc(-c4ccc(OCCCCCCCC)cc4)cc3F)c(F)c2)cc1. The van der Waals surface area contributed by atoms with Gasteiger partial charge in [-0.3, -0.25) is 0 Å². The van der Waals surface area contributed by atoms with Gasteiger partial charge >= 0.3 is 7.69 Å². The molecule has 0 spiro atoms. The Morgan fingerprint density at radius 2 is 0.809 bits per heavy atom. The van der Waals surface area contributed by atoms with Crippen LogP contribution in [0.15, 0.2) is 84.9 Å². The van der Waals surface area contributed by atoms with Crippen LogP contribution in [0, 0.1) is 11.6 Å². The van der Waals surface area contributed by atoms with Crippen LogP contribution in [0.3, 0.4) is 0 Å². The standard InChI is InChI=1S/C40H49BF2O4/c1-3-5-7-9-11-13-27-44-35-21-15-31(16-22-35)33-19-25-39(37(42)29-33)46-41-47-40-26-20-34(30-38(40)43)32-17-23-36(24-18-32)45-28-14-12-10-8-6-4-2/h15-26,29-30,41H,3-14,27-28H2,1-2H3. The van der Waals surface area contributed by atoms with Crippen LogP contribution in [-0.4, -0.2) is 20.9 Å². The van der Waals surface area contributed by atoms with Gasteiger partial charge in [0.15, 0.2) is 11.6 Å². The molecule has 4 nitrogen and oxygen atoms in total. The second-order valence-electron chi connectivity index (χ2n) is 12.0. The quantitative estimate of drug-likeness (QED) is 0.0631. The first-order chi connectivity index (χ1) is 23.1. The summed E-state index contributed by atoms with van der Waals surface area (Å²) in [5, 5.41) is 0. The molecule has 0 heterocycles. The van der Waals surface area contributed by atoms with E-state index in [0.717, 1.165) is 46.6 Å². The first-order valence-corrected chi connectivity index (χ1v) is 17.4. The van der Waals surface area contributed by atoms with Crippen molar-refractivity contribution in [2.75, 3.05) is 13.2 Å². The summed E-state index contributed by atoms with van der Waals surface area (Å²) in [6, 6.07) is 24.8. The molecule has 0 N–H and O–H groups in total.